The van der Waals surface area contributed by atoms with Crippen molar-refractivity contribution in [1.29, 1.82) is 0 Å². The van der Waals surface area contributed by atoms with Gasteiger partial charge in [0.1, 0.15) is 0 Å². The van der Waals surface area contributed by atoms with Gasteiger partial charge in [0.2, 0.25) is 5.91 Å². The van der Waals surface area contributed by atoms with Crippen LogP contribution in [0.5, 0.6) is 0 Å². The van der Waals surface area contributed by atoms with Crippen LogP contribution in [0.15, 0.2) is 53.4 Å². The quantitative estimate of drug-likeness (QED) is 0.786. The van der Waals surface area contributed by atoms with Crippen LogP contribution in [0.1, 0.15) is 16.7 Å². The van der Waals surface area contributed by atoms with Crippen LogP contribution < -0.4 is 11.1 Å². The minimum atomic E-state index is -0.523. The zero-order chi connectivity index (χ0) is 15.9. The number of carbonyl (C=O) groups is 1. The van der Waals surface area contributed by atoms with Crippen molar-refractivity contribution in [1.82, 2.24) is 5.32 Å². The number of thioether (sulfide) groups is 1. The van der Waals surface area contributed by atoms with Crippen LogP contribution in [-0.4, -0.2) is 18.2 Å². The predicted octanol–water partition coefficient (Wildman–Crippen LogP) is 3.32. The van der Waals surface area contributed by atoms with Gasteiger partial charge in [-0.2, -0.15) is 0 Å². The minimum absolute atomic E-state index is 0. The molecule has 1 amide bonds. The Bertz CT molecular complexity index is 634. The number of nitrogens with one attached hydrogen (secondary N) is 1. The molecule has 0 unspecified atom stereocenters. The summed E-state index contributed by atoms with van der Waals surface area (Å²) in [6, 6.07) is 15.6. The van der Waals surface area contributed by atoms with Gasteiger partial charge in [0.15, 0.2) is 0 Å². The number of aryl methyl sites for hydroxylation is 1. The summed E-state index contributed by atoms with van der Waals surface area (Å²) in [5.74, 6) is -0.114. The summed E-state index contributed by atoms with van der Waals surface area (Å²) in [5.41, 5.74) is 9.41. The van der Waals surface area contributed by atoms with E-state index in [0.717, 1.165) is 11.1 Å². The first kappa shape index (κ1) is 19.6. The van der Waals surface area contributed by atoms with Crippen LogP contribution in [-0.2, 0) is 17.8 Å². The molecule has 0 fully saturated rings. The summed E-state index contributed by atoms with van der Waals surface area (Å²) in [6.07, 6.45) is 2.59. The highest BCUT2D eigenvalue weighted by atomic mass is 35.5. The maximum Gasteiger partial charge on any atom is 0.237 e. The highest BCUT2D eigenvalue weighted by Crippen LogP contribution is 2.21. The molecule has 0 bridgehead atoms. The zero-order valence-electron chi connectivity index (χ0n) is 13.4. The fourth-order valence-corrected chi connectivity index (χ4v) is 2.98. The van der Waals surface area contributed by atoms with Crippen LogP contribution in [0.4, 0.5) is 0 Å². The Balaban J connectivity index is 0.00000264. The molecule has 2 aromatic carbocycles. The summed E-state index contributed by atoms with van der Waals surface area (Å²) in [5, 5.41) is 2.94. The molecule has 23 heavy (non-hydrogen) atoms. The van der Waals surface area contributed by atoms with E-state index in [4.69, 9.17) is 5.73 Å². The normalized spacial score (nSPS) is 11.4. The molecular formula is C18H23ClN2OS. The number of benzene rings is 2. The van der Waals surface area contributed by atoms with Crippen LogP contribution in [0.3, 0.4) is 0 Å². The lowest BCUT2D eigenvalue weighted by Gasteiger charge is -2.14. The Kier molecular flexibility index (Phi) is 8.17. The van der Waals surface area contributed by atoms with Gasteiger partial charge in [-0.1, -0.05) is 42.5 Å². The molecule has 124 valence electrons. The molecular weight excluding hydrogens is 328 g/mol. The van der Waals surface area contributed by atoms with Crippen LogP contribution >= 0.6 is 24.2 Å². The third-order valence-corrected chi connectivity index (χ3v) is 4.35. The molecule has 2 aromatic rings. The third kappa shape index (κ3) is 5.90. The molecule has 0 saturated heterocycles. The highest BCUT2D eigenvalue weighted by Gasteiger charge is 2.14. The molecule has 0 aromatic heterocycles. The highest BCUT2D eigenvalue weighted by molar-refractivity contribution is 7.98. The molecule has 1 atom stereocenters. The van der Waals surface area contributed by atoms with E-state index in [1.165, 1.54) is 10.5 Å². The molecule has 0 aliphatic rings. The molecule has 0 heterocycles. The second kappa shape index (κ2) is 9.60. The van der Waals surface area contributed by atoms with Gasteiger partial charge in [0.25, 0.3) is 0 Å². The molecule has 2 rings (SSSR count). The first-order chi connectivity index (χ1) is 10.6. The summed E-state index contributed by atoms with van der Waals surface area (Å²) in [4.78, 5) is 13.3. The molecule has 0 aliphatic heterocycles. The lowest BCUT2D eigenvalue weighted by atomic mass is 10.1. The molecule has 5 heteroatoms. The van der Waals surface area contributed by atoms with Gasteiger partial charge in [-0.25, -0.2) is 0 Å². The van der Waals surface area contributed by atoms with Gasteiger partial charge in [-0.15, -0.1) is 24.2 Å². The van der Waals surface area contributed by atoms with Crippen molar-refractivity contribution in [3.63, 3.8) is 0 Å². The summed E-state index contributed by atoms with van der Waals surface area (Å²) in [7, 11) is 0. The number of halogens is 1. The number of carbonyl (C=O) groups excluding carboxylic acids is 1. The van der Waals surface area contributed by atoms with E-state index < -0.39 is 6.04 Å². The summed E-state index contributed by atoms with van der Waals surface area (Å²) < 4.78 is 0. The lowest BCUT2D eigenvalue weighted by Crippen LogP contribution is -2.41. The van der Waals surface area contributed by atoms with E-state index in [2.05, 4.69) is 30.4 Å². The van der Waals surface area contributed by atoms with Crippen molar-refractivity contribution < 1.29 is 4.79 Å². The summed E-state index contributed by atoms with van der Waals surface area (Å²) >= 11 is 1.69. The monoisotopic (exact) mass is 350 g/mol. The topological polar surface area (TPSA) is 55.1 Å². The lowest BCUT2D eigenvalue weighted by molar-refractivity contribution is -0.122. The minimum Gasteiger partial charge on any atom is -0.351 e. The standard InChI is InChI=1S/C18H22N2OS.ClH/c1-13-8-9-15(17(10-13)22-2)12-20-18(21)16(19)11-14-6-4-3-5-7-14;/h3-10,16H,11-12,19H2,1-2H3,(H,20,21);1H/t16-;/m0./s1. The van der Waals surface area contributed by atoms with E-state index in [9.17, 15) is 4.79 Å². The SMILES string of the molecule is CSc1cc(C)ccc1CNC(=O)[C@@H](N)Cc1ccccc1.Cl. The zero-order valence-corrected chi connectivity index (χ0v) is 15.0. The first-order valence-corrected chi connectivity index (χ1v) is 8.53. The van der Waals surface area contributed by atoms with Crippen LogP contribution in [0.2, 0.25) is 0 Å². The number of nitrogens with two attached hydrogens (primary N) is 1. The maximum atomic E-state index is 12.1. The van der Waals surface area contributed by atoms with Crippen molar-refractivity contribution in [2.75, 3.05) is 6.26 Å². The van der Waals surface area contributed by atoms with Gasteiger partial charge < -0.3 is 11.1 Å². The van der Waals surface area contributed by atoms with E-state index in [1.807, 2.05) is 36.6 Å². The maximum absolute atomic E-state index is 12.1. The van der Waals surface area contributed by atoms with E-state index >= 15 is 0 Å². The molecule has 3 N–H and O–H groups in total. The largest absolute Gasteiger partial charge is 0.351 e. The van der Waals surface area contributed by atoms with Crippen molar-refractivity contribution in [2.24, 2.45) is 5.73 Å². The van der Waals surface area contributed by atoms with Crippen molar-refractivity contribution in [2.45, 2.75) is 30.8 Å². The predicted molar refractivity (Wildman–Crippen MR) is 100 cm³/mol. The van der Waals surface area contributed by atoms with E-state index in [1.54, 1.807) is 11.8 Å². The van der Waals surface area contributed by atoms with Gasteiger partial charge in [0, 0.05) is 11.4 Å². The van der Waals surface area contributed by atoms with E-state index in [0.29, 0.717) is 13.0 Å². The summed E-state index contributed by atoms with van der Waals surface area (Å²) in [6.45, 7) is 2.58. The Morgan fingerprint density at radius 2 is 1.91 bits per heavy atom. The average molecular weight is 351 g/mol. The second-order valence-corrected chi connectivity index (χ2v) is 6.18. The number of hydrogen-bond donors (Lipinski definition) is 2. The van der Waals surface area contributed by atoms with Gasteiger partial charge in [-0.3, -0.25) is 4.79 Å². The van der Waals surface area contributed by atoms with Crippen molar-refractivity contribution in [3.8, 4) is 0 Å². The Morgan fingerprint density at radius 1 is 1.22 bits per heavy atom. The number of hydrogen-bond acceptors (Lipinski definition) is 3. The Labute approximate surface area is 148 Å². The molecule has 0 radical (unpaired) electrons. The molecule has 0 aliphatic carbocycles. The van der Waals surface area contributed by atoms with Crippen molar-refractivity contribution in [3.05, 3.63) is 65.2 Å². The van der Waals surface area contributed by atoms with Crippen molar-refractivity contribution >= 4 is 30.1 Å². The molecule has 0 saturated carbocycles. The van der Waals surface area contributed by atoms with Crippen LogP contribution in [0, 0.1) is 6.92 Å². The van der Waals surface area contributed by atoms with Gasteiger partial charge >= 0.3 is 0 Å². The molecule has 0 spiro atoms. The Hall–Kier alpha value is -1.49. The second-order valence-electron chi connectivity index (χ2n) is 5.33. The fourth-order valence-electron chi connectivity index (χ4n) is 2.27. The number of rotatable bonds is 6. The average Bonchev–Trinajstić information content (AvgIpc) is 2.54. The smallest absolute Gasteiger partial charge is 0.237 e. The van der Waals surface area contributed by atoms with Gasteiger partial charge in [-0.05, 0) is 42.4 Å². The fraction of sp³-hybridized carbons (Fsp3) is 0.278. The van der Waals surface area contributed by atoms with E-state index in [-0.39, 0.29) is 18.3 Å². The molecule has 3 nitrogen and oxygen atoms in total. The van der Waals surface area contributed by atoms with Crippen LogP contribution in [0.25, 0.3) is 0 Å². The number of amides is 1. The third-order valence-electron chi connectivity index (χ3n) is 3.53. The Morgan fingerprint density at radius 3 is 2.57 bits per heavy atom. The first-order valence-electron chi connectivity index (χ1n) is 7.31. The van der Waals surface area contributed by atoms with Gasteiger partial charge in [0.05, 0.1) is 6.04 Å².